The zero-order chi connectivity index (χ0) is 13.9. The van der Waals surface area contributed by atoms with E-state index in [0.29, 0.717) is 0 Å². The molecule has 1 aliphatic heterocycles. The number of hydrogen-bond donors (Lipinski definition) is 2. The number of nitrogens with zero attached hydrogens (tertiary/aromatic N) is 3. The number of imidazole rings is 1. The Labute approximate surface area is 117 Å². The van der Waals surface area contributed by atoms with Crippen LogP contribution in [-0.4, -0.2) is 59.3 Å². The van der Waals surface area contributed by atoms with E-state index in [1.807, 2.05) is 0 Å². The van der Waals surface area contributed by atoms with Gasteiger partial charge in [0.1, 0.15) is 5.82 Å². The van der Waals surface area contributed by atoms with Gasteiger partial charge in [-0.3, -0.25) is 4.90 Å². The zero-order valence-electron chi connectivity index (χ0n) is 11.3. The summed E-state index contributed by atoms with van der Waals surface area (Å²) < 4.78 is 13.2. The fourth-order valence-electron chi connectivity index (χ4n) is 2.67. The Morgan fingerprint density at radius 2 is 2.15 bits per heavy atom. The molecule has 20 heavy (non-hydrogen) atoms. The number of anilines is 1. The van der Waals surface area contributed by atoms with Gasteiger partial charge in [-0.1, -0.05) is 0 Å². The minimum absolute atomic E-state index is 0.198. The van der Waals surface area contributed by atoms with Crippen molar-refractivity contribution in [3.05, 3.63) is 24.0 Å². The highest BCUT2D eigenvalue weighted by molar-refractivity contribution is 5.77. The second-order valence-electron chi connectivity index (χ2n) is 5.13. The van der Waals surface area contributed by atoms with Gasteiger partial charge in [0, 0.05) is 26.2 Å². The van der Waals surface area contributed by atoms with Gasteiger partial charge in [-0.2, -0.15) is 0 Å². The van der Waals surface area contributed by atoms with Gasteiger partial charge in [0.05, 0.1) is 17.6 Å². The van der Waals surface area contributed by atoms with Crippen LogP contribution in [0, 0.1) is 5.82 Å². The van der Waals surface area contributed by atoms with Crippen molar-refractivity contribution in [2.75, 3.05) is 44.2 Å². The molecule has 0 saturated carbocycles. The van der Waals surface area contributed by atoms with Crippen LogP contribution >= 0.6 is 0 Å². The Balaban J connectivity index is 1.77. The summed E-state index contributed by atoms with van der Waals surface area (Å²) in [5, 5.41) is 9.01. The van der Waals surface area contributed by atoms with Crippen LogP contribution in [-0.2, 0) is 0 Å². The van der Waals surface area contributed by atoms with Crippen molar-refractivity contribution in [2.45, 2.75) is 6.42 Å². The summed E-state index contributed by atoms with van der Waals surface area (Å²) in [5.74, 6) is 0.550. The average Bonchev–Trinajstić information content (AvgIpc) is 2.70. The van der Waals surface area contributed by atoms with Crippen LogP contribution in [0.15, 0.2) is 18.2 Å². The van der Waals surface area contributed by atoms with E-state index in [0.717, 1.165) is 56.1 Å². The van der Waals surface area contributed by atoms with E-state index in [9.17, 15) is 4.39 Å². The van der Waals surface area contributed by atoms with Gasteiger partial charge in [-0.25, -0.2) is 9.37 Å². The molecule has 6 heteroatoms. The van der Waals surface area contributed by atoms with E-state index >= 15 is 0 Å². The van der Waals surface area contributed by atoms with Crippen molar-refractivity contribution in [1.82, 2.24) is 14.9 Å². The van der Waals surface area contributed by atoms with E-state index in [4.69, 9.17) is 5.11 Å². The maximum absolute atomic E-state index is 13.2. The third-order valence-electron chi connectivity index (χ3n) is 3.74. The number of β-amino-alcohol motifs (C(OH)–C–C–N with tert-alkyl or cyclic N) is 1. The van der Waals surface area contributed by atoms with Crippen LogP contribution in [0.2, 0.25) is 0 Å². The average molecular weight is 278 g/mol. The van der Waals surface area contributed by atoms with E-state index in [1.165, 1.54) is 12.1 Å². The lowest BCUT2D eigenvalue weighted by Gasteiger charge is -2.20. The van der Waals surface area contributed by atoms with Crippen molar-refractivity contribution >= 4 is 17.0 Å². The summed E-state index contributed by atoms with van der Waals surface area (Å²) in [6, 6.07) is 4.60. The maximum Gasteiger partial charge on any atom is 0.203 e. The Hall–Kier alpha value is -1.66. The molecule has 2 aromatic rings. The van der Waals surface area contributed by atoms with Gasteiger partial charge in [-0.05, 0) is 31.2 Å². The Morgan fingerprint density at radius 1 is 1.25 bits per heavy atom. The number of H-pyrrole nitrogens is 1. The normalized spacial score (nSPS) is 17.6. The highest BCUT2D eigenvalue weighted by Gasteiger charge is 2.17. The molecule has 0 atom stereocenters. The largest absolute Gasteiger partial charge is 0.395 e. The Kier molecular flexibility index (Phi) is 3.84. The predicted molar refractivity (Wildman–Crippen MR) is 76.4 cm³/mol. The number of aromatic nitrogens is 2. The number of aromatic amines is 1. The summed E-state index contributed by atoms with van der Waals surface area (Å²) >= 11 is 0. The minimum Gasteiger partial charge on any atom is -0.395 e. The molecular weight excluding hydrogens is 259 g/mol. The molecule has 0 aliphatic carbocycles. The molecule has 2 heterocycles. The maximum atomic E-state index is 13.2. The molecule has 1 aromatic heterocycles. The molecule has 0 bridgehead atoms. The van der Waals surface area contributed by atoms with Crippen LogP contribution in [0.4, 0.5) is 10.3 Å². The molecule has 2 N–H and O–H groups in total. The van der Waals surface area contributed by atoms with Crippen LogP contribution < -0.4 is 4.90 Å². The van der Waals surface area contributed by atoms with E-state index < -0.39 is 0 Å². The predicted octanol–water partition coefficient (Wildman–Crippen LogP) is 1.21. The number of aliphatic hydroxyl groups is 1. The first-order valence-corrected chi connectivity index (χ1v) is 7.00. The summed E-state index contributed by atoms with van der Waals surface area (Å²) in [6.07, 6.45) is 1.03. The van der Waals surface area contributed by atoms with Gasteiger partial charge in [-0.15, -0.1) is 0 Å². The van der Waals surface area contributed by atoms with Crippen molar-refractivity contribution < 1.29 is 9.50 Å². The molecular formula is C14H19FN4O. The first-order chi connectivity index (χ1) is 9.76. The SMILES string of the molecule is OCCN1CCCN(c2nc3ccc(F)cc3[nH]2)CC1. The van der Waals surface area contributed by atoms with E-state index in [-0.39, 0.29) is 12.4 Å². The number of rotatable bonds is 3. The molecule has 0 spiro atoms. The first-order valence-electron chi connectivity index (χ1n) is 7.00. The molecule has 108 valence electrons. The van der Waals surface area contributed by atoms with Crippen molar-refractivity contribution in [3.63, 3.8) is 0 Å². The van der Waals surface area contributed by atoms with E-state index in [1.54, 1.807) is 6.07 Å². The number of nitrogens with one attached hydrogen (secondary N) is 1. The number of aliphatic hydroxyl groups excluding tert-OH is 1. The smallest absolute Gasteiger partial charge is 0.203 e. The Morgan fingerprint density at radius 3 is 3.00 bits per heavy atom. The molecule has 1 aromatic carbocycles. The molecule has 0 radical (unpaired) electrons. The summed E-state index contributed by atoms with van der Waals surface area (Å²) in [5.41, 5.74) is 1.52. The molecule has 3 rings (SSSR count). The molecule has 1 saturated heterocycles. The van der Waals surface area contributed by atoms with Gasteiger partial charge in [0.15, 0.2) is 0 Å². The van der Waals surface area contributed by atoms with Crippen LogP contribution in [0.3, 0.4) is 0 Å². The lowest BCUT2D eigenvalue weighted by atomic mass is 10.3. The molecule has 5 nitrogen and oxygen atoms in total. The standard InChI is InChI=1S/C14H19FN4O/c15-11-2-3-12-13(10-11)17-14(16-12)19-5-1-4-18(6-7-19)8-9-20/h2-3,10,20H,1,4-9H2,(H,16,17). The lowest BCUT2D eigenvalue weighted by molar-refractivity contribution is 0.204. The second kappa shape index (κ2) is 5.76. The first kappa shape index (κ1) is 13.3. The third-order valence-corrected chi connectivity index (χ3v) is 3.74. The van der Waals surface area contributed by atoms with E-state index in [2.05, 4.69) is 19.8 Å². The van der Waals surface area contributed by atoms with Gasteiger partial charge in [0.2, 0.25) is 5.95 Å². The monoisotopic (exact) mass is 278 g/mol. The van der Waals surface area contributed by atoms with Crippen LogP contribution in [0.1, 0.15) is 6.42 Å². The van der Waals surface area contributed by atoms with Crippen molar-refractivity contribution in [2.24, 2.45) is 0 Å². The summed E-state index contributed by atoms with van der Waals surface area (Å²) in [4.78, 5) is 12.2. The fraction of sp³-hybridized carbons (Fsp3) is 0.500. The molecule has 1 aliphatic rings. The fourth-order valence-corrected chi connectivity index (χ4v) is 2.67. The number of fused-ring (bicyclic) bond motifs is 1. The quantitative estimate of drug-likeness (QED) is 0.886. The third kappa shape index (κ3) is 2.76. The lowest BCUT2D eigenvalue weighted by Crippen LogP contribution is -2.32. The van der Waals surface area contributed by atoms with Gasteiger partial charge in [0.25, 0.3) is 0 Å². The highest BCUT2D eigenvalue weighted by Crippen LogP contribution is 2.19. The highest BCUT2D eigenvalue weighted by atomic mass is 19.1. The number of hydrogen-bond acceptors (Lipinski definition) is 4. The Bertz CT molecular complexity index is 586. The second-order valence-corrected chi connectivity index (χ2v) is 5.13. The van der Waals surface area contributed by atoms with Crippen LogP contribution in [0.25, 0.3) is 11.0 Å². The topological polar surface area (TPSA) is 55.4 Å². The van der Waals surface area contributed by atoms with Crippen LogP contribution in [0.5, 0.6) is 0 Å². The minimum atomic E-state index is -0.252. The van der Waals surface area contributed by atoms with Crippen molar-refractivity contribution in [3.8, 4) is 0 Å². The zero-order valence-corrected chi connectivity index (χ0v) is 11.3. The summed E-state index contributed by atoms with van der Waals surface area (Å²) in [7, 11) is 0. The molecule has 0 amide bonds. The number of benzene rings is 1. The van der Waals surface area contributed by atoms with Crippen molar-refractivity contribution in [1.29, 1.82) is 0 Å². The number of halogens is 1. The summed E-state index contributed by atoms with van der Waals surface area (Å²) in [6.45, 7) is 4.60. The molecule has 0 unspecified atom stereocenters. The van der Waals surface area contributed by atoms with Gasteiger partial charge < -0.3 is 15.0 Å². The molecule has 1 fully saturated rings. The van der Waals surface area contributed by atoms with Gasteiger partial charge >= 0.3 is 0 Å².